The summed E-state index contributed by atoms with van der Waals surface area (Å²) in [5.41, 5.74) is 3.72. The minimum atomic E-state index is 0.0225. The molecule has 1 atom stereocenters. The van der Waals surface area contributed by atoms with E-state index in [1.807, 2.05) is 52.0 Å². The number of amides is 3. The average molecular weight is 577 g/mol. The number of hydrogen-bond acceptors (Lipinski definition) is 6. The van der Waals surface area contributed by atoms with Gasteiger partial charge in [-0.05, 0) is 62.8 Å². The van der Waals surface area contributed by atoms with Crippen molar-refractivity contribution in [3.63, 3.8) is 0 Å². The van der Waals surface area contributed by atoms with Crippen LogP contribution in [-0.2, 0) is 27.3 Å². The summed E-state index contributed by atoms with van der Waals surface area (Å²) in [5, 5.41) is 0. The van der Waals surface area contributed by atoms with E-state index in [0.29, 0.717) is 50.8 Å². The fourth-order valence-electron chi connectivity index (χ4n) is 6.27. The molecular weight excluding hydrogens is 528 g/mol. The van der Waals surface area contributed by atoms with E-state index in [1.54, 1.807) is 13.8 Å². The predicted molar refractivity (Wildman–Crippen MR) is 165 cm³/mol. The summed E-state index contributed by atoms with van der Waals surface area (Å²) in [5.74, 6) is 1.62. The van der Waals surface area contributed by atoms with E-state index < -0.39 is 0 Å². The second-order valence-electron chi connectivity index (χ2n) is 12.3. The number of nitrogens with zero attached hydrogens (tertiary/aromatic N) is 6. The predicted octanol–water partition coefficient (Wildman–Crippen LogP) is 4.19. The molecule has 2 aromatic rings. The molecule has 42 heavy (non-hydrogen) atoms. The Bertz CT molecular complexity index is 1250. The molecule has 0 radical (unpaired) electrons. The Morgan fingerprint density at radius 2 is 1.71 bits per heavy atom. The molecule has 1 unspecified atom stereocenters. The number of para-hydroxylation sites is 1. The second kappa shape index (κ2) is 14.7. The Hall–Kier alpha value is -3.33. The Morgan fingerprint density at radius 1 is 0.929 bits per heavy atom. The van der Waals surface area contributed by atoms with E-state index in [9.17, 15) is 14.4 Å². The molecule has 2 aliphatic heterocycles. The number of aryl methyl sites for hydroxylation is 2. The number of rotatable bonds is 6. The molecule has 4 rings (SSSR count). The van der Waals surface area contributed by atoms with Gasteiger partial charge in [0.25, 0.3) is 0 Å². The molecular formula is C33H48N6O3. The SMILES string of the molecule is CC(=O)N1CCCC(c2cc(CCC(=O)N3CCN(CC(C)C)CCCN(C(C)=O)c4ccccc4C3)nc(C)n2)C1. The van der Waals surface area contributed by atoms with Gasteiger partial charge in [0.05, 0.1) is 0 Å². The van der Waals surface area contributed by atoms with Crippen molar-refractivity contribution in [2.45, 2.75) is 79.2 Å². The zero-order valence-electron chi connectivity index (χ0n) is 26.1. The van der Waals surface area contributed by atoms with Gasteiger partial charge in [-0.1, -0.05) is 32.0 Å². The van der Waals surface area contributed by atoms with E-state index in [1.165, 1.54) is 0 Å². The molecule has 1 aromatic heterocycles. The van der Waals surface area contributed by atoms with E-state index >= 15 is 0 Å². The molecule has 2 aliphatic rings. The second-order valence-corrected chi connectivity index (χ2v) is 12.3. The molecule has 9 heteroatoms. The smallest absolute Gasteiger partial charge is 0.223 e. The van der Waals surface area contributed by atoms with Crippen LogP contribution in [0.4, 0.5) is 5.69 Å². The fourth-order valence-corrected chi connectivity index (χ4v) is 6.27. The van der Waals surface area contributed by atoms with Crippen molar-refractivity contribution in [3.05, 3.63) is 53.1 Å². The van der Waals surface area contributed by atoms with Crippen molar-refractivity contribution in [3.8, 4) is 0 Å². The van der Waals surface area contributed by atoms with Gasteiger partial charge in [-0.25, -0.2) is 9.97 Å². The highest BCUT2D eigenvalue weighted by molar-refractivity contribution is 5.92. The third-order valence-corrected chi connectivity index (χ3v) is 8.33. The topological polar surface area (TPSA) is 90.0 Å². The first-order valence-electron chi connectivity index (χ1n) is 15.6. The van der Waals surface area contributed by atoms with Crippen LogP contribution in [0.2, 0.25) is 0 Å². The third kappa shape index (κ3) is 8.60. The Balaban J connectivity index is 1.52. The van der Waals surface area contributed by atoms with Gasteiger partial charge >= 0.3 is 0 Å². The molecule has 0 bridgehead atoms. The van der Waals surface area contributed by atoms with E-state index in [-0.39, 0.29) is 23.6 Å². The summed E-state index contributed by atoms with van der Waals surface area (Å²) in [4.78, 5) is 56.0. The normalized spacial score (nSPS) is 18.9. The highest BCUT2D eigenvalue weighted by Crippen LogP contribution is 2.27. The van der Waals surface area contributed by atoms with Gasteiger partial charge in [0.2, 0.25) is 17.7 Å². The number of aromatic nitrogens is 2. The van der Waals surface area contributed by atoms with E-state index in [0.717, 1.165) is 68.1 Å². The number of piperidine rings is 1. The molecule has 0 saturated carbocycles. The highest BCUT2D eigenvalue weighted by Gasteiger charge is 2.26. The lowest BCUT2D eigenvalue weighted by Crippen LogP contribution is -2.40. The van der Waals surface area contributed by atoms with Crippen molar-refractivity contribution in [1.29, 1.82) is 0 Å². The lowest BCUT2D eigenvalue weighted by molar-refractivity contribution is -0.132. The molecule has 1 aromatic carbocycles. The standard InChI is InChI=1S/C33H48N6O3/c1-24(2)21-36-15-9-17-39(27(5)41)32-12-7-6-10-29(32)23-38(19-18-36)33(42)14-13-30-20-31(35-25(3)34-30)28-11-8-16-37(22-28)26(4)40/h6-7,10,12,20,24,28H,8-9,11,13-19,21-23H2,1-5H3. The first-order chi connectivity index (χ1) is 20.1. The quantitative estimate of drug-likeness (QED) is 0.513. The largest absolute Gasteiger partial charge is 0.342 e. The maximum absolute atomic E-state index is 13.8. The van der Waals surface area contributed by atoms with Crippen LogP contribution in [0.3, 0.4) is 0 Å². The zero-order chi connectivity index (χ0) is 30.2. The lowest BCUT2D eigenvalue weighted by atomic mass is 9.93. The number of anilines is 1. The van der Waals surface area contributed by atoms with Crippen molar-refractivity contribution in [1.82, 2.24) is 24.7 Å². The highest BCUT2D eigenvalue weighted by atomic mass is 16.2. The van der Waals surface area contributed by atoms with Crippen LogP contribution in [0, 0.1) is 12.8 Å². The van der Waals surface area contributed by atoms with Gasteiger partial charge in [0.15, 0.2) is 0 Å². The monoisotopic (exact) mass is 576 g/mol. The Labute approximate surface area is 251 Å². The fraction of sp³-hybridized carbons (Fsp3) is 0.606. The first kappa shape index (κ1) is 31.6. The van der Waals surface area contributed by atoms with Crippen LogP contribution in [0.15, 0.2) is 30.3 Å². The zero-order valence-corrected chi connectivity index (χ0v) is 26.1. The minimum Gasteiger partial charge on any atom is -0.342 e. The minimum absolute atomic E-state index is 0.0225. The van der Waals surface area contributed by atoms with Crippen molar-refractivity contribution < 1.29 is 14.4 Å². The number of likely N-dealkylation sites (tertiary alicyclic amines) is 1. The van der Waals surface area contributed by atoms with E-state index in [2.05, 4.69) is 23.7 Å². The van der Waals surface area contributed by atoms with Crippen molar-refractivity contribution in [2.24, 2.45) is 5.92 Å². The van der Waals surface area contributed by atoms with Gasteiger partial charge < -0.3 is 19.6 Å². The van der Waals surface area contributed by atoms with Gasteiger partial charge in [-0.3, -0.25) is 14.4 Å². The number of hydrogen-bond donors (Lipinski definition) is 0. The molecule has 228 valence electrons. The number of carbonyl (C=O) groups is 3. The lowest BCUT2D eigenvalue weighted by Gasteiger charge is -2.32. The Morgan fingerprint density at radius 3 is 2.45 bits per heavy atom. The number of carbonyl (C=O) groups excluding carboxylic acids is 3. The summed E-state index contributed by atoms with van der Waals surface area (Å²) in [6.07, 6.45) is 3.73. The van der Waals surface area contributed by atoms with Crippen LogP contribution >= 0.6 is 0 Å². The van der Waals surface area contributed by atoms with Crippen molar-refractivity contribution >= 4 is 23.4 Å². The van der Waals surface area contributed by atoms with Gasteiger partial charge in [0.1, 0.15) is 5.82 Å². The Kier molecular flexibility index (Phi) is 11.1. The molecule has 1 saturated heterocycles. The molecule has 3 heterocycles. The van der Waals surface area contributed by atoms with E-state index in [4.69, 9.17) is 4.98 Å². The maximum Gasteiger partial charge on any atom is 0.223 e. The maximum atomic E-state index is 13.8. The van der Waals surface area contributed by atoms with Crippen LogP contribution < -0.4 is 4.90 Å². The van der Waals surface area contributed by atoms with Gasteiger partial charge in [-0.2, -0.15) is 0 Å². The van der Waals surface area contributed by atoms with Crippen LogP contribution in [-0.4, -0.2) is 88.2 Å². The van der Waals surface area contributed by atoms with Crippen LogP contribution in [0.1, 0.15) is 82.1 Å². The molecule has 0 spiro atoms. The molecule has 1 fully saturated rings. The number of benzene rings is 1. The van der Waals surface area contributed by atoms with Crippen molar-refractivity contribution in [2.75, 3.05) is 50.7 Å². The molecule has 0 N–H and O–H groups in total. The summed E-state index contributed by atoms with van der Waals surface area (Å²) in [6, 6.07) is 10.00. The summed E-state index contributed by atoms with van der Waals surface area (Å²) in [7, 11) is 0. The molecule has 3 amide bonds. The summed E-state index contributed by atoms with van der Waals surface area (Å²) >= 11 is 0. The summed E-state index contributed by atoms with van der Waals surface area (Å²) < 4.78 is 0. The van der Waals surface area contributed by atoms with Crippen LogP contribution in [0.5, 0.6) is 0 Å². The van der Waals surface area contributed by atoms with Crippen LogP contribution in [0.25, 0.3) is 0 Å². The number of fused-ring (bicyclic) bond motifs is 1. The van der Waals surface area contributed by atoms with Gasteiger partial charge in [-0.15, -0.1) is 0 Å². The first-order valence-corrected chi connectivity index (χ1v) is 15.6. The van der Waals surface area contributed by atoms with Gasteiger partial charge in [0, 0.05) is 89.1 Å². The third-order valence-electron chi connectivity index (χ3n) is 8.33. The molecule has 0 aliphatic carbocycles. The summed E-state index contributed by atoms with van der Waals surface area (Å²) in [6.45, 7) is 15.5. The molecule has 9 nitrogen and oxygen atoms in total. The average Bonchev–Trinajstić information content (AvgIpc) is 2.98.